The summed E-state index contributed by atoms with van der Waals surface area (Å²) in [6.45, 7) is 17.1. The molecule has 0 aliphatic carbocycles. The van der Waals surface area contributed by atoms with Crippen molar-refractivity contribution < 1.29 is 58.1 Å². The summed E-state index contributed by atoms with van der Waals surface area (Å²) in [7, 11) is 0. The maximum Gasteiger partial charge on any atom is 0.330 e. The molecular formula is C46H58O12. The van der Waals surface area contributed by atoms with Crippen LogP contribution in [0.2, 0.25) is 0 Å². The molecule has 0 saturated heterocycles. The average Bonchev–Trinajstić information content (AvgIpc) is 3.25. The van der Waals surface area contributed by atoms with E-state index in [0.29, 0.717) is 36.5 Å². The van der Waals surface area contributed by atoms with E-state index in [2.05, 4.69) is 40.5 Å². The third-order valence-corrected chi connectivity index (χ3v) is 10.0. The molecule has 0 aliphatic rings. The van der Waals surface area contributed by atoms with Crippen molar-refractivity contribution in [2.75, 3.05) is 39.6 Å². The van der Waals surface area contributed by atoms with Crippen LogP contribution in [-0.2, 0) is 39.4 Å². The largest absolute Gasteiger partial charge is 0.490 e. The van der Waals surface area contributed by atoms with Crippen molar-refractivity contribution >= 4 is 17.9 Å². The second-order valence-corrected chi connectivity index (χ2v) is 13.9. The summed E-state index contributed by atoms with van der Waals surface area (Å²) in [6.07, 6.45) is 2.25. The highest BCUT2D eigenvalue weighted by atomic mass is 16.6. The second kappa shape index (κ2) is 23.1. The van der Waals surface area contributed by atoms with Gasteiger partial charge in [0.2, 0.25) is 0 Å². The molecular weight excluding hydrogens is 744 g/mol. The van der Waals surface area contributed by atoms with Gasteiger partial charge in [-0.25, -0.2) is 14.4 Å². The summed E-state index contributed by atoms with van der Waals surface area (Å²) in [6, 6.07) is 21.0. The Balaban J connectivity index is 2.22. The number of rotatable bonds is 26. The van der Waals surface area contributed by atoms with E-state index in [1.165, 1.54) is 0 Å². The normalized spacial score (nSPS) is 14.6. The van der Waals surface area contributed by atoms with E-state index in [0.717, 1.165) is 46.9 Å². The van der Waals surface area contributed by atoms with Gasteiger partial charge in [0.05, 0.1) is 0 Å². The minimum absolute atomic E-state index is 0.150. The van der Waals surface area contributed by atoms with Gasteiger partial charge in [-0.2, -0.15) is 0 Å². The van der Waals surface area contributed by atoms with Gasteiger partial charge in [0, 0.05) is 51.3 Å². The van der Waals surface area contributed by atoms with Crippen LogP contribution in [0.4, 0.5) is 0 Å². The lowest BCUT2D eigenvalue weighted by atomic mass is 9.66. The van der Waals surface area contributed by atoms with Gasteiger partial charge in [0.15, 0.2) is 0 Å². The number of carbonyl (C=O) groups excluding carboxylic acids is 3. The van der Waals surface area contributed by atoms with E-state index in [1.807, 2.05) is 73.7 Å². The number of esters is 3. The number of aliphatic hydroxyl groups excluding tert-OH is 3. The minimum atomic E-state index is -1.18. The van der Waals surface area contributed by atoms with Crippen LogP contribution >= 0.6 is 0 Å². The third kappa shape index (κ3) is 12.3. The molecule has 3 aromatic carbocycles. The summed E-state index contributed by atoms with van der Waals surface area (Å²) < 4.78 is 34.3. The van der Waals surface area contributed by atoms with Crippen molar-refractivity contribution in [3.8, 4) is 17.2 Å². The lowest BCUT2D eigenvalue weighted by Gasteiger charge is -2.40. The fourth-order valence-electron chi connectivity index (χ4n) is 6.87. The zero-order valence-electron chi connectivity index (χ0n) is 34.0. The molecule has 12 nitrogen and oxygen atoms in total. The number of carbonyl (C=O) groups is 3. The molecule has 0 radical (unpaired) electrons. The van der Waals surface area contributed by atoms with Gasteiger partial charge in [-0.15, -0.1) is 0 Å². The maximum absolute atomic E-state index is 11.8. The van der Waals surface area contributed by atoms with Crippen molar-refractivity contribution in [2.24, 2.45) is 0 Å². The quantitative estimate of drug-likeness (QED) is 0.0471. The molecule has 0 amide bonds. The molecule has 58 heavy (non-hydrogen) atoms. The van der Waals surface area contributed by atoms with E-state index in [1.54, 1.807) is 0 Å². The maximum atomic E-state index is 11.8. The summed E-state index contributed by atoms with van der Waals surface area (Å²) in [4.78, 5) is 35.0. The monoisotopic (exact) mass is 802 g/mol. The van der Waals surface area contributed by atoms with Gasteiger partial charge in [-0.1, -0.05) is 108 Å². The fraction of sp³-hybridized carbons (Fsp3) is 0.413. The molecule has 5 atom stereocenters. The predicted molar refractivity (Wildman–Crippen MR) is 220 cm³/mol. The van der Waals surface area contributed by atoms with Crippen molar-refractivity contribution in [2.45, 2.75) is 82.5 Å². The van der Waals surface area contributed by atoms with Crippen LogP contribution in [0.15, 0.2) is 105 Å². The van der Waals surface area contributed by atoms with Gasteiger partial charge >= 0.3 is 17.9 Å². The fourth-order valence-corrected chi connectivity index (χ4v) is 6.87. The van der Waals surface area contributed by atoms with Gasteiger partial charge in [-0.3, -0.25) is 0 Å². The molecule has 12 heteroatoms. The topological polar surface area (TPSA) is 167 Å². The lowest BCUT2D eigenvalue weighted by Crippen LogP contribution is -2.33. The van der Waals surface area contributed by atoms with Crippen molar-refractivity contribution in [1.29, 1.82) is 0 Å². The van der Waals surface area contributed by atoms with E-state index in [-0.39, 0.29) is 39.6 Å². The highest BCUT2D eigenvalue weighted by molar-refractivity contribution is 5.81. The molecule has 0 saturated carbocycles. The Morgan fingerprint density at radius 2 is 0.983 bits per heavy atom. The Labute approximate surface area is 341 Å². The SMILES string of the molecule is C=CC(=O)OCC(O)COc1ccccc1C(C)(CC)c1cccc(C(CC)(CCC)c2ccccc2OCC(O)COC(=O)C=C)c1OCC(O)COC(=O)C=C. The van der Waals surface area contributed by atoms with Crippen molar-refractivity contribution in [3.63, 3.8) is 0 Å². The summed E-state index contributed by atoms with van der Waals surface area (Å²) >= 11 is 0. The lowest BCUT2D eigenvalue weighted by molar-refractivity contribution is -0.142. The summed E-state index contributed by atoms with van der Waals surface area (Å²) in [5.74, 6) is -0.449. The third-order valence-electron chi connectivity index (χ3n) is 10.0. The molecule has 0 aliphatic heterocycles. The molecule has 0 aromatic heterocycles. The number of aliphatic hydroxyl groups is 3. The van der Waals surface area contributed by atoms with Crippen LogP contribution in [0.25, 0.3) is 0 Å². The molecule has 0 spiro atoms. The zero-order chi connectivity index (χ0) is 42.7. The molecule has 0 bridgehead atoms. The second-order valence-electron chi connectivity index (χ2n) is 13.9. The first kappa shape index (κ1) is 46.9. The summed E-state index contributed by atoms with van der Waals surface area (Å²) in [5.41, 5.74) is 1.73. The smallest absolute Gasteiger partial charge is 0.330 e. The zero-order valence-corrected chi connectivity index (χ0v) is 34.0. The molecule has 314 valence electrons. The van der Waals surface area contributed by atoms with Gasteiger partial charge in [-0.05, 0) is 31.4 Å². The number of para-hydroxylation sites is 3. The summed E-state index contributed by atoms with van der Waals surface area (Å²) in [5, 5.41) is 32.2. The van der Waals surface area contributed by atoms with E-state index in [4.69, 9.17) is 28.4 Å². The van der Waals surface area contributed by atoms with E-state index >= 15 is 0 Å². The Kier molecular flexibility index (Phi) is 18.7. The Morgan fingerprint density at radius 3 is 1.43 bits per heavy atom. The van der Waals surface area contributed by atoms with Crippen LogP contribution < -0.4 is 14.2 Å². The van der Waals surface area contributed by atoms with E-state index < -0.39 is 47.0 Å². The molecule has 5 unspecified atom stereocenters. The first-order valence-corrected chi connectivity index (χ1v) is 19.5. The van der Waals surface area contributed by atoms with Crippen LogP contribution in [0.5, 0.6) is 17.2 Å². The Hall–Kier alpha value is -5.43. The molecule has 0 fully saturated rings. The average molecular weight is 803 g/mol. The van der Waals surface area contributed by atoms with Crippen molar-refractivity contribution in [1.82, 2.24) is 0 Å². The molecule has 0 heterocycles. The van der Waals surface area contributed by atoms with Gasteiger partial charge in [0.25, 0.3) is 0 Å². The standard InChI is InChI=1S/C46H58O12/c1-8-25-46(13-6,36-20-15-17-24-40(36)54-27-33(48)29-56-42(51)10-3)38-22-18-21-37(44(38)58-31-34(49)30-57-43(52)11-4)45(7,12-5)35-19-14-16-23-39(35)53-26-32(47)28-55-41(50)9-2/h9-11,14-24,32-34,47-49H,2-4,8,12-13,25-31H2,1,5-7H3. The van der Waals surface area contributed by atoms with Crippen LogP contribution in [0.1, 0.15) is 75.6 Å². The Bertz CT molecular complexity index is 1840. The molecule has 3 rings (SSSR count). The van der Waals surface area contributed by atoms with E-state index in [9.17, 15) is 29.7 Å². The van der Waals surface area contributed by atoms with Gasteiger partial charge in [0.1, 0.15) is 75.2 Å². The van der Waals surface area contributed by atoms with Crippen molar-refractivity contribution in [3.05, 3.63) is 127 Å². The first-order valence-electron chi connectivity index (χ1n) is 19.5. The number of ether oxygens (including phenoxy) is 6. The first-order chi connectivity index (χ1) is 27.8. The number of benzene rings is 3. The number of hydrogen-bond acceptors (Lipinski definition) is 12. The minimum Gasteiger partial charge on any atom is -0.490 e. The van der Waals surface area contributed by atoms with Gasteiger partial charge < -0.3 is 43.7 Å². The molecule has 3 aromatic rings. The molecule has 3 N–H and O–H groups in total. The Morgan fingerprint density at radius 1 is 0.569 bits per heavy atom. The van der Waals surface area contributed by atoms with Crippen LogP contribution in [0, 0.1) is 0 Å². The van der Waals surface area contributed by atoms with Crippen LogP contribution in [0.3, 0.4) is 0 Å². The predicted octanol–water partition coefficient (Wildman–Crippen LogP) is 6.31. The van der Waals surface area contributed by atoms with Crippen LogP contribution in [-0.4, -0.2) is 91.2 Å². The highest BCUT2D eigenvalue weighted by Crippen LogP contribution is 2.52. The number of hydrogen-bond donors (Lipinski definition) is 3. The highest BCUT2D eigenvalue weighted by Gasteiger charge is 2.41.